The number of hydrogen-bond acceptors (Lipinski definition) is 3. The second-order valence-electron chi connectivity index (χ2n) is 2.70. The van der Waals surface area contributed by atoms with E-state index in [2.05, 4.69) is 4.74 Å². The lowest BCUT2D eigenvalue weighted by molar-refractivity contribution is 0.0600. The summed E-state index contributed by atoms with van der Waals surface area (Å²) in [6.45, 7) is -0.0115. The summed E-state index contributed by atoms with van der Waals surface area (Å²) < 4.78 is 4.58. The van der Waals surface area contributed by atoms with Crippen molar-refractivity contribution in [1.29, 1.82) is 0 Å². The van der Waals surface area contributed by atoms with Gasteiger partial charge in [-0.25, -0.2) is 4.79 Å². The van der Waals surface area contributed by atoms with Crippen molar-refractivity contribution >= 4 is 12.0 Å². The molecule has 0 amide bonds. The second kappa shape index (κ2) is 5.19. The number of benzene rings is 1. The monoisotopic (exact) mass is 192 g/mol. The van der Waals surface area contributed by atoms with E-state index in [0.717, 1.165) is 5.56 Å². The zero-order chi connectivity index (χ0) is 10.4. The number of ether oxygens (including phenoxy) is 1. The molecule has 74 valence electrons. The van der Waals surface area contributed by atoms with Crippen LogP contribution in [-0.2, 0) is 4.74 Å². The van der Waals surface area contributed by atoms with Gasteiger partial charge in [0.15, 0.2) is 0 Å². The molecule has 0 saturated heterocycles. The summed E-state index contributed by atoms with van der Waals surface area (Å²) in [5, 5.41) is 8.57. The highest BCUT2D eigenvalue weighted by Crippen LogP contribution is 2.07. The minimum absolute atomic E-state index is 0.0115. The number of hydrogen-bond donors (Lipinski definition) is 1. The van der Waals surface area contributed by atoms with E-state index in [-0.39, 0.29) is 12.6 Å². The molecule has 0 aliphatic rings. The van der Waals surface area contributed by atoms with Gasteiger partial charge in [-0.15, -0.1) is 0 Å². The first kappa shape index (κ1) is 10.5. The third-order valence-electron chi connectivity index (χ3n) is 1.72. The number of aliphatic hydroxyl groups is 1. The smallest absolute Gasteiger partial charge is 0.337 e. The first-order valence-corrected chi connectivity index (χ1v) is 4.23. The molecular formula is C11H12O3. The second-order valence-corrected chi connectivity index (χ2v) is 2.70. The Kier molecular flexibility index (Phi) is 3.88. The van der Waals surface area contributed by atoms with Crippen LogP contribution in [0.5, 0.6) is 0 Å². The van der Waals surface area contributed by atoms with Gasteiger partial charge in [0.05, 0.1) is 19.3 Å². The molecule has 1 N–H and O–H groups in total. The lowest BCUT2D eigenvalue weighted by atomic mass is 10.1. The van der Waals surface area contributed by atoms with Gasteiger partial charge < -0.3 is 9.84 Å². The maximum Gasteiger partial charge on any atom is 0.337 e. The predicted molar refractivity (Wildman–Crippen MR) is 53.9 cm³/mol. The molecule has 0 heterocycles. The predicted octanol–water partition coefficient (Wildman–Crippen LogP) is 1.48. The van der Waals surface area contributed by atoms with Crippen molar-refractivity contribution in [2.45, 2.75) is 0 Å². The van der Waals surface area contributed by atoms with E-state index < -0.39 is 0 Å². The highest BCUT2D eigenvalue weighted by Gasteiger charge is 2.03. The van der Waals surface area contributed by atoms with Crippen LogP contribution < -0.4 is 0 Å². The number of rotatable bonds is 3. The summed E-state index contributed by atoms with van der Waals surface area (Å²) in [4.78, 5) is 11.1. The standard InChI is InChI=1S/C11H12O3/c1-14-11(13)10-6-2-4-9(8-10)5-3-7-12/h2-6,8,12H,7H2,1H3. The zero-order valence-electron chi connectivity index (χ0n) is 7.93. The number of esters is 1. The topological polar surface area (TPSA) is 46.5 Å². The molecular weight excluding hydrogens is 180 g/mol. The summed E-state index contributed by atoms with van der Waals surface area (Å²) in [5.74, 6) is -0.357. The van der Waals surface area contributed by atoms with Crippen LogP contribution in [0.15, 0.2) is 30.3 Å². The summed E-state index contributed by atoms with van der Waals surface area (Å²) in [7, 11) is 1.35. The Morgan fingerprint density at radius 2 is 2.36 bits per heavy atom. The molecule has 0 radical (unpaired) electrons. The van der Waals surface area contributed by atoms with Gasteiger partial charge in [0.25, 0.3) is 0 Å². The Labute approximate surface area is 82.6 Å². The molecule has 0 fully saturated rings. The van der Waals surface area contributed by atoms with Gasteiger partial charge in [-0.1, -0.05) is 24.3 Å². The third kappa shape index (κ3) is 2.71. The van der Waals surface area contributed by atoms with E-state index in [4.69, 9.17) is 5.11 Å². The number of carbonyl (C=O) groups is 1. The van der Waals surface area contributed by atoms with Gasteiger partial charge in [0.2, 0.25) is 0 Å². The van der Waals surface area contributed by atoms with Crippen molar-refractivity contribution in [3.8, 4) is 0 Å². The fourth-order valence-electron chi connectivity index (χ4n) is 1.08. The Bertz CT molecular complexity index is 342. The van der Waals surface area contributed by atoms with E-state index >= 15 is 0 Å². The van der Waals surface area contributed by atoms with Gasteiger partial charge in [-0.2, -0.15) is 0 Å². The average Bonchev–Trinajstić information content (AvgIpc) is 2.25. The minimum atomic E-state index is -0.357. The first-order valence-electron chi connectivity index (χ1n) is 4.23. The van der Waals surface area contributed by atoms with Crippen LogP contribution in [0.25, 0.3) is 6.08 Å². The number of aliphatic hydroxyl groups excluding tert-OH is 1. The fourth-order valence-corrected chi connectivity index (χ4v) is 1.08. The molecule has 0 aliphatic carbocycles. The van der Waals surface area contributed by atoms with Crippen molar-refractivity contribution < 1.29 is 14.6 Å². The number of carbonyl (C=O) groups excluding carboxylic acids is 1. The molecule has 14 heavy (non-hydrogen) atoms. The van der Waals surface area contributed by atoms with Crippen molar-refractivity contribution in [1.82, 2.24) is 0 Å². The molecule has 1 aromatic rings. The molecule has 3 nitrogen and oxygen atoms in total. The van der Waals surface area contributed by atoms with Gasteiger partial charge >= 0.3 is 5.97 Å². The Morgan fingerprint density at radius 1 is 1.57 bits per heavy atom. The largest absolute Gasteiger partial charge is 0.465 e. The SMILES string of the molecule is COC(=O)c1cccc(C=CCO)c1. The summed E-state index contributed by atoms with van der Waals surface area (Å²) in [6, 6.07) is 7.00. The maximum absolute atomic E-state index is 11.1. The van der Waals surface area contributed by atoms with Crippen molar-refractivity contribution in [2.75, 3.05) is 13.7 Å². The number of methoxy groups -OCH3 is 1. The van der Waals surface area contributed by atoms with E-state index in [1.165, 1.54) is 7.11 Å². The lowest BCUT2D eigenvalue weighted by Gasteiger charge is -1.99. The van der Waals surface area contributed by atoms with Crippen LogP contribution in [-0.4, -0.2) is 24.8 Å². The zero-order valence-corrected chi connectivity index (χ0v) is 7.93. The summed E-state index contributed by atoms with van der Waals surface area (Å²) >= 11 is 0. The van der Waals surface area contributed by atoms with Crippen LogP contribution in [0.2, 0.25) is 0 Å². The lowest BCUT2D eigenvalue weighted by Crippen LogP contribution is -2.00. The van der Waals surface area contributed by atoms with Gasteiger partial charge in [-0.05, 0) is 17.7 Å². The maximum atomic E-state index is 11.1. The van der Waals surface area contributed by atoms with Gasteiger partial charge in [0, 0.05) is 0 Å². The van der Waals surface area contributed by atoms with Gasteiger partial charge in [0.1, 0.15) is 0 Å². The van der Waals surface area contributed by atoms with Crippen LogP contribution in [0, 0.1) is 0 Å². The molecule has 0 saturated carbocycles. The molecule has 0 atom stereocenters. The van der Waals surface area contributed by atoms with Crippen molar-refractivity contribution in [3.05, 3.63) is 41.5 Å². The van der Waals surface area contributed by atoms with E-state index in [1.54, 1.807) is 30.4 Å². The van der Waals surface area contributed by atoms with Gasteiger partial charge in [-0.3, -0.25) is 0 Å². The highest BCUT2D eigenvalue weighted by atomic mass is 16.5. The highest BCUT2D eigenvalue weighted by molar-refractivity contribution is 5.89. The third-order valence-corrected chi connectivity index (χ3v) is 1.72. The van der Waals surface area contributed by atoms with Crippen LogP contribution in [0.3, 0.4) is 0 Å². The van der Waals surface area contributed by atoms with E-state index in [1.807, 2.05) is 6.07 Å². The molecule has 0 unspecified atom stereocenters. The van der Waals surface area contributed by atoms with Crippen molar-refractivity contribution in [2.24, 2.45) is 0 Å². The van der Waals surface area contributed by atoms with Crippen LogP contribution >= 0.6 is 0 Å². The summed E-state index contributed by atoms with van der Waals surface area (Å²) in [5.41, 5.74) is 1.37. The average molecular weight is 192 g/mol. The molecule has 0 bridgehead atoms. The fraction of sp³-hybridized carbons (Fsp3) is 0.182. The minimum Gasteiger partial charge on any atom is -0.465 e. The van der Waals surface area contributed by atoms with Crippen LogP contribution in [0.4, 0.5) is 0 Å². The van der Waals surface area contributed by atoms with Crippen LogP contribution in [0.1, 0.15) is 15.9 Å². The molecule has 3 heteroatoms. The van der Waals surface area contributed by atoms with E-state index in [9.17, 15) is 4.79 Å². The van der Waals surface area contributed by atoms with Crippen molar-refractivity contribution in [3.63, 3.8) is 0 Å². The quantitative estimate of drug-likeness (QED) is 0.738. The normalized spacial score (nSPS) is 10.4. The molecule has 0 aromatic heterocycles. The summed E-state index contributed by atoms with van der Waals surface area (Å²) in [6.07, 6.45) is 3.35. The molecule has 1 aromatic carbocycles. The molecule has 0 aliphatic heterocycles. The Balaban J connectivity index is 2.89. The molecule has 1 rings (SSSR count). The van der Waals surface area contributed by atoms with E-state index in [0.29, 0.717) is 5.56 Å². The Morgan fingerprint density at radius 3 is 3.00 bits per heavy atom. The Hall–Kier alpha value is -1.61. The molecule has 0 spiro atoms. The first-order chi connectivity index (χ1) is 6.77.